The molecule has 1 aliphatic rings. The van der Waals surface area contributed by atoms with E-state index in [2.05, 4.69) is 9.97 Å². The molecule has 1 aliphatic heterocycles. The van der Waals surface area contributed by atoms with Crippen molar-refractivity contribution in [3.63, 3.8) is 0 Å². The van der Waals surface area contributed by atoms with Crippen molar-refractivity contribution < 1.29 is 9.84 Å². The molecule has 1 N–H and O–H groups in total. The van der Waals surface area contributed by atoms with Crippen LogP contribution in [0, 0.1) is 6.92 Å². The minimum Gasteiger partial charge on any atom is -0.436 e. The molecule has 0 saturated heterocycles. The number of hydrogen-bond donors (Lipinski definition) is 1. The van der Waals surface area contributed by atoms with Gasteiger partial charge in [0.25, 0.3) is 0 Å². The van der Waals surface area contributed by atoms with Crippen LogP contribution < -0.4 is 4.74 Å². The fourth-order valence-corrected chi connectivity index (χ4v) is 3.79. The standard InChI is InChI=1S/C19H16ClN3O2S/c1-10-16-14(12(9-24)8-21-10)7-15-18(25-16)22-17(23-19(15)26-2)11-4-3-5-13(20)6-11/h3-6,8,24H,7,9H2,1-2H3. The van der Waals surface area contributed by atoms with E-state index in [9.17, 15) is 5.11 Å². The van der Waals surface area contributed by atoms with E-state index in [1.807, 2.05) is 37.4 Å². The summed E-state index contributed by atoms with van der Waals surface area (Å²) in [6, 6.07) is 7.44. The molecule has 26 heavy (non-hydrogen) atoms. The van der Waals surface area contributed by atoms with E-state index in [0.717, 1.165) is 33.0 Å². The fraction of sp³-hybridized carbons (Fsp3) is 0.211. The van der Waals surface area contributed by atoms with Crippen LogP contribution in [-0.4, -0.2) is 26.3 Å². The molecule has 0 saturated carbocycles. The maximum absolute atomic E-state index is 9.63. The second kappa shape index (κ2) is 6.87. The number of rotatable bonds is 3. The second-order valence-electron chi connectivity index (χ2n) is 5.96. The molecule has 132 valence electrons. The molecule has 2 aromatic heterocycles. The van der Waals surface area contributed by atoms with Gasteiger partial charge >= 0.3 is 0 Å². The average Bonchev–Trinajstić information content (AvgIpc) is 2.66. The number of pyridine rings is 1. The number of nitrogens with zero attached hydrogens (tertiary/aromatic N) is 3. The van der Waals surface area contributed by atoms with Crippen LogP contribution >= 0.6 is 23.4 Å². The molecule has 0 aliphatic carbocycles. The Morgan fingerprint density at radius 1 is 1.27 bits per heavy atom. The van der Waals surface area contributed by atoms with Gasteiger partial charge in [0, 0.05) is 34.3 Å². The highest BCUT2D eigenvalue weighted by molar-refractivity contribution is 7.98. The Balaban J connectivity index is 1.86. The number of aromatic nitrogens is 3. The second-order valence-corrected chi connectivity index (χ2v) is 7.20. The Labute approximate surface area is 160 Å². The molecule has 0 bridgehead atoms. The van der Waals surface area contributed by atoms with E-state index in [0.29, 0.717) is 28.9 Å². The topological polar surface area (TPSA) is 68.1 Å². The summed E-state index contributed by atoms with van der Waals surface area (Å²) in [6.45, 7) is 1.81. The van der Waals surface area contributed by atoms with Gasteiger partial charge in [-0.15, -0.1) is 11.8 Å². The van der Waals surface area contributed by atoms with E-state index in [1.54, 1.807) is 18.0 Å². The predicted molar refractivity (Wildman–Crippen MR) is 102 cm³/mol. The van der Waals surface area contributed by atoms with E-state index < -0.39 is 0 Å². The Kier molecular flexibility index (Phi) is 4.56. The van der Waals surface area contributed by atoms with Crippen LogP contribution in [0.3, 0.4) is 0 Å². The van der Waals surface area contributed by atoms with Crippen LogP contribution in [0.5, 0.6) is 11.6 Å². The summed E-state index contributed by atoms with van der Waals surface area (Å²) >= 11 is 7.66. The lowest BCUT2D eigenvalue weighted by Gasteiger charge is -2.24. The molecule has 3 aromatic rings. The number of halogens is 1. The van der Waals surface area contributed by atoms with Gasteiger partial charge in [-0.2, -0.15) is 4.98 Å². The molecule has 0 fully saturated rings. The minimum absolute atomic E-state index is 0.0790. The van der Waals surface area contributed by atoms with Gasteiger partial charge in [-0.25, -0.2) is 4.98 Å². The molecular weight excluding hydrogens is 370 g/mol. The zero-order valence-corrected chi connectivity index (χ0v) is 15.9. The van der Waals surface area contributed by atoms with Gasteiger partial charge in [-0.05, 0) is 25.3 Å². The van der Waals surface area contributed by atoms with Crippen LogP contribution in [-0.2, 0) is 13.0 Å². The van der Waals surface area contributed by atoms with Crippen molar-refractivity contribution in [1.82, 2.24) is 15.0 Å². The van der Waals surface area contributed by atoms with Gasteiger partial charge in [0.05, 0.1) is 17.9 Å². The Bertz CT molecular complexity index is 1010. The zero-order valence-electron chi connectivity index (χ0n) is 14.3. The highest BCUT2D eigenvalue weighted by atomic mass is 35.5. The lowest BCUT2D eigenvalue weighted by molar-refractivity contribution is 0.278. The van der Waals surface area contributed by atoms with Crippen molar-refractivity contribution in [2.24, 2.45) is 0 Å². The monoisotopic (exact) mass is 385 g/mol. The molecule has 1 aromatic carbocycles. The van der Waals surface area contributed by atoms with Crippen LogP contribution in [0.25, 0.3) is 11.4 Å². The van der Waals surface area contributed by atoms with Gasteiger partial charge in [0.1, 0.15) is 5.03 Å². The first-order valence-corrected chi connectivity index (χ1v) is 9.68. The molecule has 0 atom stereocenters. The first-order valence-electron chi connectivity index (χ1n) is 8.07. The molecule has 0 radical (unpaired) electrons. The maximum Gasteiger partial charge on any atom is 0.227 e. The van der Waals surface area contributed by atoms with Gasteiger partial charge < -0.3 is 9.84 Å². The number of aliphatic hydroxyl groups excluding tert-OH is 1. The minimum atomic E-state index is -0.0790. The SMILES string of the molecule is CSc1nc(-c2cccc(Cl)c2)nc2c1Cc1c(CO)cnc(C)c1O2. The highest BCUT2D eigenvalue weighted by Crippen LogP contribution is 2.42. The highest BCUT2D eigenvalue weighted by Gasteiger charge is 2.27. The zero-order chi connectivity index (χ0) is 18.3. The first kappa shape index (κ1) is 17.3. The van der Waals surface area contributed by atoms with Crippen LogP contribution in [0.4, 0.5) is 0 Å². The summed E-state index contributed by atoms with van der Waals surface area (Å²) in [5, 5.41) is 11.1. The number of benzene rings is 1. The smallest absolute Gasteiger partial charge is 0.227 e. The first-order chi connectivity index (χ1) is 12.6. The number of aliphatic hydroxyl groups is 1. The predicted octanol–water partition coefficient (Wildman–Crippen LogP) is 4.41. The maximum atomic E-state index is 9.63. The third-order valence-electron chi connectivity index (χ3n) is 4.33. The van der Waals surface area contributed by atoms with Crippen molar-refractivity contribution in [3.05, 3.63) is 57.9 Å². The van der Waals surface area contributed by atoms with Crippen molar-refractivity contribution in [2.75, 3.05) is 6.26 Å². The normalized spacial score (nSPS) is 12.3. The summed E-state index contributed by atoms with van der Waals surface area (Å²) < 4.78 is 6.11. The summed E-state index contributed by atoms with van der Waals surface area (Å²) in [5.74, 6) is 1.78. The van der Waals surface area contributed by atoms with Crippen LogP contribution in [0.1, 0.15) is 22.4 Å². The van der Waals surface area contributed by atoms with Gasteiger partial charge in [-0.3, -0.25) is 4.98 Å². The lowest BCUT2D eigenvalue weighted by Crippen LogP contribution is -2.12. The van der Waals surface area contributed by atoms with Crippen LogP contribution in [0.2, 0.25) is 5.02 Å². The van der Waals surface area contributed by atoms with Crippen LogP contribution in [0.15, 0.2) is 35.5 Å². The largest absolute Gasteiger partial charge is 0.436 e. The fourth-order valence-electron chi connectivity index (χ4n) is 3.02. The average molecular weight is 386 g/mol. The quantitative estimate of drug-likeness (QED) is 0.416. The van der Waals surface area contributed by atoms with Crippen molar-refractivity contribution in [2.45, 2.75) is 25.0 Å². The van der Waals surface area contributed by atoms with E-state index in [-0.39, 0.29) is 6.61 Å². The lowest BCUT2D eigenvalue weighted by atomic mass is 9.99. The molecule has 4 rings (SSSR count). The number of aryl methyl sites for hydroxylation is 1. The third-order valence-corrected chi connectivity index (χ3v) is 5.29. The van der Waals surface area contributed by atoms with Crippen molar-refractivity contribution >= 4 is 23.4 Å². The number of thioether (sulfide) groups is 1. The van der Waals surface area contributed by atoms with Gasteiger partial charge in [0.15, 0.2) is 11.6 Å². The van der Waals surface area contributed by atoms with E-state index in [1.165, 1.54) is 0 Å². The molecule has 0 spiro atoms. The van der Waals surface area contributed by atoms with Crippen molar-refractivity contribution in [3.8, 4) is 23.0 Å². The Morgan fingerprint density at radius 3 is 2.85 bits per heavy atom. The molecule has 7 heteroatoms. The summed E-state index contributed by atoms with van der Waals surface area (Å²) in [4.78, 5) is 13.7. The summed E-state index contributed by atoms with van der Waals surface area (Å²) in [6.07, 6.45) is 4.28. The summed E-state index contributed by atoms with van der Waals surface area (Å²) in [5.41, 5.74) is 4.25. The molecule has 5 nitrogen and oxygen atoms in total. The Hall–Kier alpha value is -2.15. The van der Waals surface area contributed by atoms with Gasteiger partial charge in [0.2, 0.25) is 5.88 Å². The molecule has 0 unspecified atom stereocenters. The Morgan fingerprint density at radius 2 is 2.12 bits per heavy atom. The van der Waals surface area contributed by atoms with Gasteiger partial charge in [-0.1, -0.05) is 23.7 Å². The molecular formula is C19H16ClN3O2S. The number of fused-ring (bicyclic) bond motifs is 2. The molecule has 0 amide bonds. The summed E-state index contributed by atoms with van der Waals surface area (Å²) in [7, 11) is 0. The number of hydrogen-bond acceptors (Lipinski definition) is 6. The van der Waals surface area contributed by atoms with Crippen molar-refractivity contribution in [1.29, 1.82) is 0 Å². The molecule has 3 heterocycles. The van der Waals surface area contributed by atoms with E-state index >= 15 is 0 Å². The van der Waals surface area contributed by atoms with E-state index in [4.69, 9.17) is 21.3 Å². The number of ether oxygens (including phenoxy) is 1. The third kappa shape index (κ3) is 2.94.